The first-order chi connectivity index (χ1) is 13.2. The van der Waals surface area contributed by atoms with Crippen molar-refractivity contribution in [2.75, 3.05) is 12.4 Å². The molecule has 0 aliphatic carbocycles. The van der Waals surface area contributed by atoms with Gasteiger partial charge >= 0.3 is 0 Å². The number of carbonyl (C=O) groups is 1. The minimum Gasteiger partial charge on any atom is -0.493 e. The minimum absolute atomic E-state index is 0.00439. The van der Waals surface area contributed by atoms with E-state index < -0.39 is 0 Å². The molecule has 4 rings (SSSR count). The van der Waals surface area contributed by atoms with Gasteiger partial charge in [-0.3, -0.25) is 4.79 Å². The molecule has 0 fully saturated rings. The van der Waals surface area contributed by atoms with Gasteiger partial charge in [-0.15, -0.1) is 11.3 Å². The van der Waals surface area contributed by atoms with E-state index in [1.165, 1.54) is 6.07 Å². The molecule has 2 aromatic carbocycles. The highest BCUT2D eigenvalue weighted by Gasteiger charge is 2.28. The SMILES string of the molecule is COc1cc([C@@H]2CC(=O)Nc3ccsc32)ccc1OCc1ccccc1F. The normalized spacial score (nSPS) is 15.8. The fraction of sp³-hybridized carbons (Fsp3) is 0.190. The van der Waals surface area contributed by atoms with E-state index >= 15 is 0 Å². The third-order valence-electron chi connectivity index (χ3n) is 4.61. The summed E-state index contributed by atoms with van der Waals surface area (Å²) < 4.78 is 25.0. The van der Waals surface area contributed by atoms with Crippen molar-refractivity contribution in [2.45, 2.75) is 18.9 Å². The molecule has 3 aromatic rings. The summed E-state index contributed by atoms with van der Waals surface area (Å²) in [5, 5.41) is 4.88. The van der Waals surface area contributed by atoms with Crippen LogP contribution in [0.1, 0.15) is 28.3 Å². The molecule has 0 radical (unpaired) electrons. The number of carbonyl (C=O) groups excluding carboxylic acids is 1. The van der Waals surface area contributed by atoms with Gasteiger partial charge in [0.15, 0.2) is 11.5 Å². The fourth-order valence-electron chi connectivity index (χ4n) is 3.23. The monoisotopic (exact) mass is 383 g/mol. The number of methoxy groups -OCH3 is 1. The first kappa shape index (κ1) is 17.5. The number of hydrogen-bond acceptors (Lipinski definition) is 4. The maximum absolute atomic E-state index is 13.8. The molecule has 4 nitrogen and oxygen atoms in total. The molecule has 0 unspecified atom stereocenters. The van der Waals surface area contributed by atoms with Crippen LogP contribution in [0.3, 0.4) is 0 Å². The molecular weight excluding hydrogens is 365 g/mol. The summed E-state index contributed by atoms with van der Waals surface area (Å²) in [7, 11) is 1.57. The van der Waals surface area contributed by atoms with Crippen LogP contribution in [0, 0.1) is 5.82 Å². The number of thiophene rings is 1. The second kappa shape index (κ2) is 7.40. The summed E-state index contributed by atoms with van der Waals surface area (Å²) in [6, 6.07) is 14.1. The Morgan fingerprint density at radius 2 is 2.04 bits per heavy atom. The third-order valence-corrected chi connectivity index (χ3v) is 5.64. The van der Waals surface area contributed by atoms with Gasteiger partial charge in [-0.25, -0.2) is 4.39 Å². The lowest BCUT2D eigenvalue weighted by atomic mass is 9.90. The number of fused-ring (bicyclic) bond motifs is 1. The van der Waals surface area contributed by atoms with Crippen LogP contribution < -0.4 is 14.8 Å². The predicted molar refractivity (Wildman–Crippen MR) is 103 cm³/mol. The molecule has 1 atom stereocenters. The number of rotatable bonds is 5. The molecule has 138 valence electrons. The number of anilines is 1. The van der Waals surface area contributed by atoms with Crippen LogP contribution in [-0.4, -0.2) is 13.0 Å². The first-order valence-corrected chi connectivity index (χ1v) is 9.45. The summed E-state index contributed by atoms with van der Waals surface area (Å²) in [6.07, 6.45) is 0.395. The van der Waals surface area contributed by atoms with Gasteiger partial charge in [-0.05, 0) is 35.2 Å². The Hall–Kier alpha value is -2.86. The number of ether oxygens (including phenoxy) is 2. The van der Waals surface area contributed by atoms with Crippen molar-refractivity contribution in [1.82, 2.24) is 0 Å². The highest BCUT2D eigenvalue weighted by molar-refractivity contribution is 7.10. The molecular formula is C21H18FNO3S. The Morgan fingerprint density at radius 3 is 2.85 bits per heavy atom. The lowest BCUT2D eigenvalue weighted by Gasteiger charge is -2.23. The lowest BCUT2D eigenvalue weighted by Crippen LogP contribution is -2.21. The zero-order valence-electron chi connectivity index (χ0n) is 14.7. The van der Waals surface area contributed by atoms with Gasteiger partial charge in [0.2, 0.25) is 5.91 Å². The van der Waals surface area contributed by atoms with E-state index in [2.05, 4.69) is 5.32 Å². The van der Waals surface area contributed by atoms with Crippen LogP contribution in [0.5, 0.6) is 11.5 Å². The Morgan fingerprint density at radius 1 is 1.19 bits per heavy atom. The number of hydrogen-bond donors (Lipinski definition) is 1. The van der Waals surface area contributed by atoms with Crippen LogP contribution in [0.25, 0.3) is 0 Å². The average molecular weight is 383 g/mol. The maximum atomic E-state index is 13.8. The summed E-state index contributed by atoms with van der Waals surface area (Å²) >= 11 is 1.63. The highest BCUT2D eigenvalue weighted by atomic mass is 32.1. The molecule has 1 aliphatic heterocycles. The minimum atomic E-state index is -0.300. The zero-order valence-corrected chi connectivity index (χ0v) is 15.5. The molecule has 0 spiro atoms. The van der Waals surface area contributed by atoms with Gasteiger partial charge in [0.05, 0.1) is 12.8 Å². The van der Waals surface area contributed by atoms with Crippen LogP contribution >= 0.6 is 11.3 Å². The molecule has 0 saturated heterocycles. The van der Waals surface area contributed by atoms with E-state index in [0.29, 0.717) is 23.5 Å². The van der Waals surface area contributed by atoms with E-state index in [1.807, 2.05) is 29.6 Å². The lowest BCUT2D eigenvalue weighted by molar-refractivity contribution is -0.116. The Kier molecular flexibility index (Phi) is 4.81. The van der Waals surface area contributed by atoms with Crippen molar-refractivity contribution < 1.29 is 18.7 Å². The van der Waals surface area contributed by atoms with E-state index in [1.54, 1.807) is 36.6 Å². The second-order valence-corrected chi connectivity index (χ2v) is 7.24. The summed E-state index contributed by atoms with van der Waals surface area (Å²) in [6.45, 7) is 0.114. The zero-order chi connectivity index (χ0) is 18.8. The van der Waals surface area contributed by atoms with E-state index in [-0.39, 0.29) is 24.2 Å². The largest absolute Gasteiger partial charge is 0.493 e. The van der Waals surface area contributed by atoms with Crippen molar-refractivity contribution in [1.29, 1.82) is 0 Å². The van der Waals surface area contributed by atoms with Gasteiger partial charge in [0.25, 0.3) is 0 Å². The second-order valence-electron chi connectivity index (χ2n) is 6.29. The molecule has 2 heterocycles. The quantitative estimate of drug-likeness (QED) is 0.678. The maximum Gasteiger partial charge on any atom is 0.225 e. The molecule has 0 bridgehead atoms. The number of benzene rings is 2. The van der Waals surface area contributed by atoms with Crippen LogP contribution in [0.15, 0.2) is 53.9 Å². The average Bonchev–Trinajstić information content (AvgIpc) is 3.15. The fourth-order valence-corrected chi connectivity index (χ4v) is 4.21. The van der Waals surface area contributed by atoms with Crippen molar-refractivity contribution in [3.05, 3.63) is 75.7 Å². The van der Waals surface area contributed by atoms with Crippen LogP contribution in [-0.2, 0) is 11.4 Å². The smallest absolute Gasteiger partial charge is 0.225 e. The van der Waals surface area contributed by atoms with Gasteiger partial charge < -0.3 is 14.8 Å². The van der Waals surface area contributed by atoms with Crippen molar-refractivity contribution in [2.24, 2.45) is 0 Å². The van der Waals surface area contributed by atoms with Gasteiger partial charge in [-0.1, -0.05) is 24.3 Å². The molecule has 6 heteroatoms. The molecule has 1 N–H and O–H groups in total. The molecule has 27 heavy (non-hydrogen) atoms. The topological polar surface area (TPSA) is 47.6 Å². The molecule has 1 aromatic heterocycles. The van der Waals surface area contributed by atoms with Gasteiger partial charge in [0, 0.05) is 22.8 Å². The predicted octanol–water partition coefficient (Wildman–Crippen LogP) is 4.95. The summed E-state index contributed by atoms with van der Waals surface area (Å²) in [5.74, 6) is 0.795. The Bertz CT molecular complexity index is 985. The standard InChI is InChI=1S/C21H18FNO3S/c1-25-19-10-13(15-11-20(24)23-17-8-9-27-21(15)17)6-7-18(19)26-12-14-4-2-3-5-16(14)22/h2-10,15H,11-12H2,1H3,(H,23,24)/t15-/m0/s1. The van der Waals surface area contributed by atoms with Crippen LogP contribution in [0.2, 0.25) is 0 Å². The van der Waals surface area contributed by atoms with E-state index in [9.17, 15) is 9.18 Å². The summed E-state index contributed by atoms with van der Waals surface area (Å²) in [4.78, 5) is 13.2. The van der Waals surface area contributed by atoms with E-state index in [4.69, 9.17) is 9.47 Å². The van der Waals surface area contributed by atoms with Crippen molar-refractivity contribution in [3.8, 4) is 11.5 Å². The number of nitrogens with one attached hydrogen (secondary N) is 1. The number of amides is 1. The van der Waals surface area contributed by atoms with Crippen molar-refractivity contribution >= 4 is 22.9 Å². The molecule has 0 saturated carbocycles. The van der Waals surface area contributed by atoms with Gasteiger partial charge in [0.1, 0.15) is 12.4 Å². The van der Waals surface area contributed by atoms with E-state index in [0.717, 1.165) is 16.1 Å². The third kappa shape index (κ3) is 3.53. The highest BCUT2D eigenvalue weighted by Crippen LogP contribution is 2.42. The Labute approximate surface area is 160 Å². The Balaban J connectivity index is 1.59. The summed E-state index contributed by atoms with van der Waals surface area (Å²) in [5.41, 5.74) is 2.35. The number of halogens is 1. The van der Waals surface area contributed by atoms with Gasteiger partial charge in [-0.2, -0.15) is 0 Å². The first-order valence-electron chi connectivity index (χ1n) is 8.57. The molecule has 1 aliphatic rings. The van der Waals surface area contributed by atoms with Crippen LogP contribution in [0.4, 0.5) is 10.1 Å². The van der Waals surface area contributed by atoms with Crippen molar-refractivity contribution in [3.63, 3.8) is 0 Å². The molecule has 1 amide bonds.